The summed E-state index contributed by atoms with van der Waals surface area (Å²) in [6, 6.07) is 9.15. The van der Waals surface area contributed by atoms with Crippen LogP contribution in [0.3, 0.4) is 0 Å². The molecule has 2 aliphatic carbocycles. The number of allylic oxidation sites excluding steroid dienone is 1. The first-order chi connectivity index (χ1) is 13.8. The summed E-state index contributed by atoms with van der Waals surface area (Å²) in [4.78, 5) is 0. The van der Waals surface area contributed by atoms with Crippen LogP contribution >= 0.6 is 0 Å². The van der Waals surface area contributed by atoms with E-state index in [1.54, 1.807) is 6.08 Å². The quantitative estimate of drug-likeness (QED) is 0.297. The van der Waals surface area contributed by atoms with Crippen molar-refractivity contribution < 1.29 is 4.74 Å². The molecule has 3 rings (SSSR count). The Labute approximate surface area is 173 Å². The predicted molar refractivity (Wildman–Crippen MR) is 120 cm³/mol. The molecule has 1 aromatic carbocycles. The molecule has 0 radical (unpaired) electrons. The monoisotopic (exact) mass is 380 g/mol. The van der Waals surface area contributed by atoms with Crippen LogP contribution in [0.4, 0.5) is 0 Å². The van der Waals surface area contributed by atoms with Crippen molar-refractivity contribution in [2.45, 2.75) is 83.2 Å². The zero-order valence-corrected chi connectivity index (χ0v) is 17.8. The summed E-state index contributed by atoms with van der Waals surface area (Å²) in [5.74, 6) is 3.70. The van der Waals surface area contributed by atoms with E-state index in [2.05, 4.69) is 43.5 Å². The second-order valence-electron chi connectivity index (χ2n) is 9.25. The number of rotatable bonds is 10. The van der Waals surface area contributed by atoms with E-state index in [0.29, 0.717) is 13.2 Å². The summed E-state index contributed by atoms with van der Waals surface area (Å²) in [6.07, 6.45) is 19.6. The topological polar surface area (TPSA) is 9.23 Å². The molecule has 2 saturated carbocycles. The van der Waals surface area contributed by atoms with Gasteiger partial charge in [0.05, 0.1) is 13.2 Å². The lowest BCUT2D eigenvalue weighted by molar-refractivity contribution is 0.149. The molecule has 0 bridgehead atoms. The molecule has 0 aliphatic heterocycles. The van der Waals surface area contributed by atoms with Crippen LogP contribution < -0.4 is 0 Å². The summed E-state index contributed by atoms with van der Waals surface area (Å²) in [5, 5.41) is 0. The van der Waals surface area contributed by atoms with Gasteiger partial charge >= 0.3 is 0 Å². The van der Waals surface area contributed by atoms with Gasteiger partial charge in [-0.3, -0.25) is 0 Å². The van der Waals surface area contributed by atoms with Gasteiger partial charge in [-0.25, -0.2) is 0 Å². The van der Waals surface area contributed by atoms with Gasteiger partial charge in [0.1, 0.15) is 0 Å². The normalized spacial score (nSPS) is 28.0. The lowest BCUT2D eigenvalue weighted by atomic mass is 9.74. The highest BCUT2D eigenvalue weighted by Crippen LogP contribution is 2.40. The highest BCUT2D eigenvalue weighted by atomic mass is 16.5. The Hall–Kier alpha value is -1.34. The highest BCUT2D eigenvalue weighted by Gasteiger charge is 2.25. The first kappa shape index (κ1) is 21.4. The lowest BCUT2D eigenvalue weighted by Gasteiger charge is -2.32. The predicted octanol–water partition coefficient (Wildman–Crippen LogP) is 7.83. The third-order valence-corrected chi connectivity index (χ3v) is 7.25. The summed E-state index contributed by atoms with van der Waals surface area (Å²) in [5.41, 5.74) is 2.80. The summed E-state index contributed by atoms with van der Waals surface area (Å²) < 4.78 is 5.54. The average molecular weight is 381 g/mol. The van der Waals surface area contributed by atoms with Crippen LogP contribution in [0.5, 0.6) is 0 Å². The van der Waals surface area contributed by atoms with Gasteiger partial charge in [-0.15, -0.1) is 13.2 Å². The highest BCUT2D eigenvalue weighted by molar-refractivity contribution is 5.25. The van der Waals surface area contributed by atoms with Crippen molar-refractivity contribution in [3.8, 4) is 0 Å². The van der Waals surface area contributed by atoms with Crippen molar-refractivity contribution in [2.75, 3.05) is 6.61 Å². The van der Waals surface area contributed by atoms with Gasteiger partial charge in [-0.2, -0.15) is 0 Å². The van der Waals surface area contributed by atoms with Crippen molar-refractivity contribution in [3.05, 3.63) is 60.7 Å². The average Bonchev–Trinajstić information content (AvgIpc) is 2.75. The van der Waals surface area contributed by atoms with E-state index in [0.717, 1.165) is 23.7 Å². The minimum atomic E-state index is 0.627. The van der Waals surface area contributed by atoms with E-state index in [1.165, 1.54) is 81.8 Å². The molecular formula is C27H40O. The maximum atomic E-state index is 5.54. The third kappa shape index (κ3) is 6.62. The van der Waals surface area contributed by atoms with Crippen molar-refractivity contribution >= 4 is 0 Å². The molecule has 1 nitrogen and oxygen atoms in total. The zero-order valence-electron chi connectivity index (χ0n) is 17.8. The Morgan fingerprint density at radius 2 is 1.32 bits per heavy atom. The van der Waals surface area contributed by atoms with E-state index in [4.69, 9.17) is 4.74 Å². The molecule has 2 fully saturated rings. The molecule has 0 saturated heterocycles. The molecule has 0 spiro atoms. The van der Waals surface area contributed by atoms with E-state index in [-0.39, 0.29) is 0 Å². The number of benzene rings is 1. The summed E-state index contributed by atoms with van der Waals surface area (Å²) >= 11 is 0. The van der Waals surface area contributed by atoms with Crippen LogP contribution in [0.1, 0.15) is 87.7 Å². The van der Waals surface area contributed by atoms with Crippen LogP contribution in [-0.2, 0) is 11.3 Å². The minimum Gasteiger partial charge on any atom is -0.373 e. The minimum absolute atomic E-state index is 0.627. The van der Waals surface area contributed by atoms with Crippen LogP contribution in [0.25, 0.3) is 0 Å². The first-order valence-electron chi connectivity index (χ1n) is 11.7. The molecule has 0 atom stereocenters. The van der Waals surface area contributed by atoms with Crippen LogP contribution in [-0.4, -0.2) is 6.61 Å². The molecule has 2 aliphatic rings. The van der Waals surface area contributed by atoms with Gasteiger partial charge in [0.2, 0.25) is 0 Å². The Balaban J connectivity index is 1.34. The van der Waals surface area contributed by atoms with Gasteiger partial charge < -0.3 is 4.74 Å². The second kappa shape index (κ2) is 11.6. The van der Waals surface area contributed by atoms with E-state index >= 15 is 0 Å². The Kier molecular flexibility index (Phi) is 8.86. The second-order valence-corrected chi connectivity index (χ2v) is 9.25. The Bertz CT molecular complexity index is 571. The molecule has 28 heavy (non-hydrogen) atoms. The largest absolute Gasteiger partial charge is 0.373 e. The number of hydrogen-bond acceptors (Lipinski definition) is 1. The van der Waals surface area contributed by atoms with Crippen molar-refractivity contribution in [3.63, 3.8) is 0 Å². The fourth-order valence-electron chi connectivity index (χ4n) is 5.39. The molecule has 154 valence electrons. The Morgan fingerprint density at radius 1 is 0.750 bits per heavy atom. The maximum absolute atomic E-state index is 5.54. The van der Waals surface area contributed by atoms with Gasteiger partial charge in [0, 0.05) is 0 Å². The van der Waals surface area contributed by atoms with Crippen molar-refractivity contribution in [1.82, 2.24) is 0 Å². The molecule has 0 unspecified atom stereocenters. The van der Waals surface area contributed by atoms with Gasteiger partial charge in [-0.05, 0) is 79.7 Å². The third-order valence-electron chi connectivity index (χ3n) is 7.25. The molecule has 0 heterocycles. The Morgan fingerprint density at radius 3 is 1.89 bits per heavy atom. The van der Waals surface area contributed by atoms with Gasteiger partial charge in [-0.1, -0.05) is 62.1 Å². The molecule has 1 aromatic rings. The van der Waals surface area contributed by atoms with Crippen LogP contribution in [0.2, 0.25) is 0 Å². The number of hydrogen-bond donors (Lipinski definition) is 0. The van der Waals surface area contributed by atoms with E-state index < -0.39 is 0 Å². The smallest absolute Gasteiger partial charge is 0.0721 e. The van der Waals surface area contributed by atoms with E-state index in [1.807, 2.05) is 0 Å². The molecular weight excluding hydrogens is 340 g/mol. The fraction of sp³-hybridized carbons (Fsp3) is 0.630. The van der Waals surface area contributed by atoms with Crippen LogP contribution in [0.15, 0.2) is 49.6 Å². The zero-order chi connectivity index (χ0) is 19.6. The number of ether oxygens (including phenoxy) is 1. The molecule has 1 heteroatoms. The first-order valence-corrected chi connectivity index (χ1v) is 11.7. The van der Waals surface area contributed by atoms with Crippen molar-refractivity contribution in [2.24, 2.45) is 17.8 Å². The SMILES string of the molecule is C=CCOCc1ccc(C2CCC(CCC3CCC(CC=C)CC3)CC2)cc1. The maximum Gasteiger partial charge on any atom is 0.0721 e. The lowest BCUT2D eigenvalue weighted by Crippen LogP contribution is -2.17. The summed E-state index contributed by atoms with van der Waals surface area (Å²) in [7, 11) is 0. The molecule has 0 aromatic heterocycles. The molecule has 0 N–H and O–H groups in total. The van der Waals surface area contributed by atoms with E-state index in [9.17, 15) is 0 Å². The fourth-order valence-corrected chi connectivity index (χ4v) is 5.39. The standard InChI is InChI=1S/C27H40O/c1-3-5-22-6-8-23(9-7-22)10-11-24-12-16-26(17-13-24)27-18-14-25(15-19-27)21-28-20-4-2/h3-4,14-15,18-19,22-24,26H,1-2,5-13,16-17,20-21H2. The summed E-state index contributed by atoms with van der Waals surface area (Å²) in [6.45, 7) is 8.92. The van der Waals surface area contributed by atoms with Crippen molar-refractivity contribution in [1.29, 1.82) is 0 Å². The van der Waals surface area contributed by atoms with Gasteiger partial charge in [0.25, 0.3) is 0 Å². The van der Waals surface area contributed by atoms with Gasteiger partial charge in [0.15, 0.2) is 0 Å². The van der Waals surface area contributed by atoms with Crippen LogP contribution in [0, 0.1) is 17.8 Å². The molecule has 0 amide bonds.